The average Bonchev–Trinajstić information content (AvgIpc) is 3.26. The summed E-state index contributed by atoms with van der Waals surface area (Å²) in [7, 11) is 6.20. The van der Waals surface area contributed by atoms with Crippen LogP contribution in [0.25, 0.3) is 11.5 Å². The van der Waals surface area contributed by atoms with E-state index in [2.05, 4.69) is 15.5 Å². The van der Waals surface area contributed by atoms with Gasteiger partial charge >= 0.3 is 0 Å². The summed E-state index contributed by atoms with van der Waals surface area (Å²) in [5.41, 5.74) is 1.16. The highest BCUT2D eigenvalue weighted by Crippen LogP contribution is 2.31. The van der Waals surface area contributed by atoms with Crippen LogP contribution in [0, 0.1) is 0 Å². The second-order valence-corrected chi connectivity index (χ2v) is 6.80. The van der Waals surface area contributed by atoms with E-state index < -0.39 is 0 Å². The zero-order chi connectivity index (χ0) is 21.5. The summed E-state index contributed by atoms with van der Waals surface area (Å²) in [6.45, 7) is 0. The third-order valence-corrected chi connectivity index (χ3v) is 4.83. The summed E-state index contributed by atoms with van der Waals surface area (Å²) in [5, 5.41) is 11.1. The summed E-state index contributed by atoms with van der Waals surface area (Å²) >= 11 is 1.12. The van der Waals surface area contributed by atoms with Crippen molar-refractivity contribution in [2.75, 3.05) is 39.5 Å². The Balaban J connectivity index is 1.65. The molecule has 1 N–H and O–H groups in total. The Morgan fingerprint density at radius 2 is 1.63 bits per heavy atom. The lowest BCUT2D eigenvalue weighted by atomic mass is 10.2. The van der Waals surface area contributed by atoms with E-state index in [9.17, 15) is 4.79 Å². The number of benzene rings is 2. The van der Waals surface area contributed by atoms with Crippen molar-refractivity contribution in [1.29, 1.82) is 0 Å². The smallest absolute Gasteiger partial charge is 0.277 e. The summed E-state index contributed by atoms with van der Waals surface area (Å²) < 4.78 is 26.6. The van der Waals surface area contributed by atoms with Crippen LogP contribution in [0.4, 0.5) is 5.69 Å². The molecule has 3 rings (SSSR count). The Hall–Kier alpha value is -3.40. The molecule has 0 saturated carbocycles. The molecule has 0 aliphatic heterocycles. The first-order valence-electron chi connectivity index (χ1n) is 8.78. The van der Waals surface area contributed by atoms with Crippen LogP contribution in [-0.4, -0.2) is 50.3 Å². The number of carbonyl (C=O) groups excluding carboxylic acids is 1. The predicted octanol–water partition coefficient (Wildman–Crippen LogP) is 3.50. The van der Waals surface area contributed by atoms with Crippen LogP contribution >= 0.6 is 11.8 Å². The van der Waals surface area contributed by atoms with E-state index in [0.717, 1.165) is 11.8 Å². The number of nitrogens with zero attached hydrogens (tertiary/aromatic N) is 2. The molecule has 0 aliphatic carbocycles. The summed E-state index contributed by atoms with van der Waals surface area (Å²) in [6, 6.07) is 10.4. The summed E-state index contributed by atoms with van der Waals surface area (Å²) in [6.07, 6.45) is 0. The number of ether oxygens (including phenoxy) is 4. The highest BCUT2D eigenvalue weighted by molar-refractivity contribution is 7.99. The van der Waals surface area contributed by atoms with Crippen molar-refractivity contribution < 1.29 is 28.2 Å². The third-order valence-electron chi connectivity index (χ3n) is 4.01. The van der Waals surface area contributed by atoms with Gasteiger partial charge in [-0.1, -0.05) is 11.8 Å². The van der Waals surface area contributed by atoms with Crippen LogP contribution < -0.4 is 24.3 Å². The van der Waals surface area contributed by atoms with Gasteiger partial charge in [-0.3, -0.25) is 4.79 Å². The molecule has 0 fully saturated rings. The van der Waals surface area contributed by atoms with E-state index in [1.807, 2.05) is 0 Å². The van der Waals surface area contributed by atoms with E-state index in [4.69, 9.17) is 23.4 Å². The predicted molar refractivity (Wildman–Crippen MR) is 112 cm³/mol. The fraction of sp³-hybridized carbons (Fsp3) is 0.250. The molecule has 9 nitrogen and oxygen atoms in total. The van der Waals surface area contributed by atoms with Gasteiger partial charge in [-0.25, -0.2) is 0 Å². The van der Waals surface area contributed by atoms with Gasteiger partial charge in [-0.05, 0) is 24.3 Å². The molecule has 0 radical (unpaired) electrons. The molecular weight excluding hydrogens is 410 g/mol. The largest absolute Gasteiger partial charge is 0.497 e. The van der Waals surface area contributed by atoms with Gasteiger partial charge in [0.15, 0.2) is 0 Å². The zero-order valence-corrected chi connectivity index (χ0v) is 17.7. The van der Waals surface area contributed by atoms with Gasteiger partial charge < -0.3 is 28.7 Å². The van der Waals surface area contributed by atoms with Crippen LogP contribution in [0.5, 0.6) is 23.0 Å². The van der Waals surface area contributed by atoms with Crippen molar-refractivity contribution in [2.24, 2.45) is 0 Å². The van der Waals surface area contributed by atoms with Crippen molar-refractivity contribution >= 4 is 23.4 Å². The lowest BCUT2D eigenvalue weighted by Crippen LogP contribution is -2.14. The third kappa shape index (κ3) is 5.15. The zero-order valence-electron chi connectivity index (χ0n) is 16.9. The van der Waals surface area contributed by atoms with E-state index in [1.54, 1.807) is 57.7 Å². The van der Waals surface area contributed by atoms with Crippen molar-refractivity contribution in [3.63, 3.8) is 0 Å². The fourth-order valence-electron chi connectivity index (χ4n) is 2.54. The molecule has 158 valence electrons. The second kappa shape index (κ2) is 9.88. The lowest BCUT2D eigenvalue weighted by molar-refractivity contribution is -0.113. The number of nitrogens with one attached hydrogen (secondary N) is 1. The summed E-state index contributed by atoms with van der Waals surface area (Å²) in [4.78, 5) is 12.3. The van der Waals surface area contributed by atoms with Crippen molar-refractivity contribution in [2.45, 2.75) is 5.22 Å². The van der Waals surface area contributed by atoms with Gasteiger partial charge in [0.2, 0.25) is 11.8 Å². The maximum Gasteiger partial charge on any atom is 0.277 e. The number of carbonyl (C=O) groups is 1. The lowest BCUT2D eigenvalue weighted by Gasteiger charge is -2.11. The van der Waals surface area contributed by atoms with Crippen molar-refractivity contribution in [1.82, 2.24) is 10.2 Å². The molecule has 1 heterocycles. The molecule has 0 unspecified atom stereocenters. The highest BCUT2D eigenvalue weighted by atomic mass is 32.2. The second-order valence-electron chi connectivity index (χ2n) is 5.88. The first-order valence-corrected chi connectivity index (χ1v) is 9.76. The van der Waals surface area contributed by atoms with Crippen LogP contribution in [-0.2, 0) is 4.79 Å². The van der Waals surface area contributed by atoms with E-state index in [0.29, 0.717) is 40.1 Å². The molecule has 1 aromatic heterocycles. The number of rotatable bonds is 9. The molecule has 0 saturated heterocycles. The van der Waals surface area contributed by atoms with Gasteiger partial charge in [-0.2, -0.15) is 0 Å². The standard InChI is InChI=1S/C20H21N3O6S/c1-25-13-5-6-17(28-4)16(10-13)21-18(24)11-30-20-23-22-19(29-20)12-7-14(26-2)9-15(8-12)27-3/h5-10H,11H2,1-4H3,(H,21,24). The fourth-order valence-corrected chi connectivity index (χ4v) is 3.10. The Morgan fingerprint density at radius 3 is 2.27 bits per heavy atom. The molecule has 30 heavy (non-hydrogen) atoms. The summed E-state index contributed by atoms with van der Waals surface area (Å²) in [5.74, 6) is 2.45. The van der Waals surface area contributed by atoms with E-state index >= 15 is 0 Å². The molecule has 0 spiro atoms. The highest BCUT2D eigenvalue weighted by Gasteiger charge is 2.15. The molecule has 0 bridgehead atoms. The number of amides is 1. The van der Waals surface area contributed by atoms with Crippen LogP contribution in [0.3, 0.4) is 0 Å². The topological polar surface area (TPSA) is 105 Å². The van der Waals surface area contributed by atoms with E-state index in [1.165, 1.54) is 7.11 Å². The number of hydrogen-bond donors (Lipinski definition) is 1. The minimum Gasteiger partial charge on any atom is -0.497 e. The Bertz CT molecular complexity index is 1000. The molecule has 3 aromatic rings. The first-order chi connectivity index (χ1) is 14.6. The minimum absolute atomic E-state index is 0.0728. The maximum absolute atomic E-state index is 12.3. The van der Waals surface area contributed by atoms with Gasteiger partial charge in [-0.15, -0.1) is 10.2 Å². The number of anilines is 1. The first kappa shape index (κ1) is 21.3. The van der Waals surface area contributed by atoms with Crippen molar-refractivity contribution in [3.8, 4) is 34.5 Å². The van der Waals surface area contributed by atoms with Crippen LogP contribution in [0.15, 0.2) is 46.0 Å². The monoisotopic (exact) mass is 431 g/mol. The number of aromatic nitrogens is 2. The Kier molecular flexibility index (Phi) is 7.02. The quantitative estimate of drug-likeness (QED) is 0.510. The van der Waals surface area contributed by atoms with Crippen molar-refractivity contribution in [3.05, 3.63) is 36.4 Å². The van der Waals surface area contributed by atoms with Gasteiger partial charge in [0, 0.05) is 17.7 Å². The molecule has 10 heteroatoms. The molecule has 0 aliphatic rings. The van der Waals surface area contributed by atoms with Gasteiger partial charge in [0.1, 0.15) is 23.0 Å². The molecular formula is C20H21N3O6S. The SMILES string of the molecule is COc1cc(OC)cc(-c2nnc(SCC(=O)Nc3cc(OC)ccc3OC)o2)c1. The average molecular weight is 431 g/mol. The molecule has 2 aromatic carbocycles. The number of hydrogen-bond acceptors (Lipinski definition) is 9. The van der Waals surface area contributed by atoms with Gasteiger partial charge in [0.25, 0.3) is 5.22 Å². The Labute approximate surface area is 177 Å². The number of methoxy groups -OCH3 is 4. The van der Waals surface area contributed by atoms with E-state index in [-0.39, 0.29) is 16.9 Å². The normalized spacial score (nSPS) is 10.4. The van der Waals surface area contributed by atoms with Crippen LogP contribution in [0.1, 0.15) is 0 Å². The van der Waals surface area contributed by atoms with Gasteiger partial charge in [0.05, 0.1) is 39.9 Å². The molecule has 1 amide bonds. The minimum atomic E-state index is -0.255. The maximum atomic E-state index is 12.3. The molecule has 0 atom stereocenters. The van der Waals surface area contributed by atoms with Crippen LogP contribution in [0.2, 0.25) is 0 Å². The Morgan fingerprint density at radius 1 is 0.933 bits per heavy atom. The number of thioether (sulfide) groups is 1.